The first-order valence-corrected chi connectivity index (χ1v) is 11.4. The maximum Gasteiger partial charge on any atom is 0.307 e. The fourth-order valence-electron chi connectivity index (χ4n) is 5.37. The Balaban J connectivity index is 1.30. The minimum atomic E-state index is -0.736. The standard InChI is InChI=1S/C28H24FNO3/c1-30-14-13-20-18(3-2-4-25(20)30)19-9-11-24(29)27-21(19)10-12-26(27)33-17-7-5-16(6-8-17)22-15-23(22)28(31)32/h2-9,11,13-14,22-23,26H,10,12,15H2,1H3,(H,31,32)/t22-,23+,26-/m1/s1. The van der Waals surface area contributed by atoms with Gasteiger partial charge in [0.05, 0.1) is 5.92 Å². The van der Waals surface area contributed by atoms with Gasteiger partial charge in [0.25, 0.3) is 0 Å². The Labute approximate surface area is 191 Å². The summed E-state index contributed by atoms with van der Waals surface area (Å²) < 4.78 is 23.3. The molecule has 166 valence electrons. The van der Waals surface area contributed by atoms with E-state index in [1.54, 1.807) is 6.07 Å². The highest BCUT2D eigenvalue weighted by Crippen LogP contribution is 2.48. The van der Waals surface area contributed by atoms with Crippen molar-refractivity contribution in [1.82, 2.24) is 4.57 Å². The van der Waals surface area contributed by atoms with Gasteiger partial charge < -0.3 is 14.4 Å². The molecule has 0 spiro atoms. The smallest absolute Gasteiger partial charge is 0.307 e. The highest BCUT2D eigenvalue weighted by molar-refractivity contribution is 5.96. The highest BCUT2D eigenvalue weighted by Gasteiger charge is 2.44. The molecule has 1 heterocycles. The molecule has 5 heteroatoms. The van der Waals surface area contributed by atoms with Gasteiger partial charge in [0, 0.05) is 29.7 Å². The number of rotatable bonds is 5. The summed E-state index contributed by atoms with van der Waals surface area (Å²) in [5.41, 5.74) is 6.03. The van der Waals surface area contributed by atoms with E-state index in [1.165, 1.54) is 0 Å². The molecule has 0 bridgehead atoms. The Hall–Kier alpha value is -3.60. The van der Waals surface area contributed by atoms with Crippen molar-refractivity contribution < 1.29 is 19.0 Å². The first-order valence-electron chi connectivity index (χ1n) is 11.4. The van der Waals surface area contributed by atoms with E-state index in [0.29, 0.717) is 17.7 Å². The first-order chi connectivity index (χ1) is 16.0. The molecular formula is C28H24FNO3. The second-order valence-corrected chi connectivity index (χ2v) is 9.15. The van der Waals surface area contributed by atoms with E-state index in [-0.39, 0.29) is 23.8 Å². The van der Waals surface area contributed by atoms with Crippen LogP contribution in [0.1, 0.15) is 41.6 Å². The maximum atomic E-state index is 15.0. The number of hydrogen-bond acceptors (Lipinski definition) is 2. The zero-order chi connectivity index (χ0) is 22.7. The van der Waals surface area contributed by atoms with E-state index in [4.69, 9.17) is 9.84 Å². The summed E-state index contributed by atoms with van der Waals surface area (Å²) in [4.78, 5) is 11.1. The summed E-state index contributed by atoms with van der Waals surface area (Å²) >= 11 is 0. The third kappa shape index (κ3) is 3.30. The van der Waals surface area contributed by atoms with Crippen molar-refractivity contribution in [2.45, 2.75) is 31.3 Å². The Bertz CT molecular complexity index is 1390. The number of fused-ring (bicyclic) bond motifs is 2. The van der Waals surface area contributed by atoms with Gasteiger partial charge in [0.1, 0.15) is 17.7 Å². The molecule has 2 aliphatic carbocycles. The number of aliphatic carboxylic acids is 1. The van der Waals surface area contributed by atoms with Crippen LogP contribution in [0.2, 0.25) is 0 Å². The third-order valence-electron chi connectivity index (χ3n) is 7.19. The van der Waals surface area contributed by atoms with Crippen LogP contribution < -0.4 is 4.74 Å². The third-order valence-corrected chi connectivity index (χ3v) is 7.19. The summed E-state index contributed by atoms with van der Waals surface area (Å²) in [7, 11) is 2.03. The van der Waals surface area contributed by atoms with Crippen LogP contribution in [0.3, 0.4) is 0 Å². The van der Waals surface area contributed by atoms with Gasteiger partial charge in [-0.1, -0.05) is 30.3 Å². The summed E-state index contributed by atoms with van der Waals surface area (Å²) in [6, 6.07) is 19.4. The van der Waals surface area contributed by atoms with Gasteiger partial charge in [0.15, 0.2) is 0 Å². The van der Waals surface area contributed by atoms with Crippen LogP contribution in [-0.2, 0) is 18.3 Å². The van der Waals surface area contributed by atoms with Gasteiger partial charge in [0.2, 0.25) is 0 Å². The lowest BCUT2D eigenvalue weighted by molar-refractivity contribution is -0.138. The van der Waals surface area contributed by atoms with E-state index >= 15 is 4.39 Å². The van der Waals surface area contributed by atoms with E-state index < -0.39 is 5.97 Å². The Morgan fingerprint density at radius 2 is 1.88 bits per heavy atom. The molecule has 33 heavy (non-hydrogen) atoms. The molecular weight excluding hydrogens is 417 g/mol. The summed E-state index contributed by atoms with van der Waals surface area (Å²) in [6.07, 6.45) is 3.88. The van der Waals surface area contributed by atoms with Gasteiger partial charge in [-0.25, -0.2) is 4.39 Å². The Kier molecular flexibility index (Phi) is 4.54. The fraction of sp³-hybridized carbons (Fsp3) is 0.250. The lowest BCUT2D eigenvalue weighted by atomic mass is 9.94. The molecule has 2 aliphatic rings. The van der Waals surface area contributed by atoms with Crippen LogP contribution in [0.15, 0.2) is 66.9 Å². The van der Waals surface area contributed by atoms with Crippen LogP contribution in [0.5, 0.6) is 5.75 Å². The molecule has 3 aromatic carbocycles. The number of benzene rings is 3. The average Bonchev–Trinajstić information content (AvgIpc) is 3.39. The normalized spacial score (nSPS) is 21.2. The summed E-state index contributed by atoms with van der Waals surface area (Å²) in [5, 5.41) is 10.3. The number of aromatic nitrogens is 1. The van der Waals surface area contributed by atoms with Crippen molar-refractivity contribution in [3.63, 3.8) is 0 Å². The maximum absolute atomic E-state index is 15.0. The zero-order valence-corrected chi connectivity index (χ0v) is 18.3. The second kappa shape index (κ2) is 7.48. The Morgan fingerprint density at radius 3 is 2.64 bits per heavy atom. The van der Waals surface area contributed by atoms with Crippen LogP contribution in [0.25, 0.3) is 22.0 Å². The number of carboxylic acid groups (broad SMARTS) is 1. The van der Waals surface area contributed by atoms with Crippen molar-refractivity contribution in [3.8, 4) is 16.9 Å². The van der Waals surface area contributed by atoms with E-state index in [0.717, 1.165) is 46.0 Å². The van der Waals surface area contributed by atoms with Crippen LogP contribution in [0, 0.1) is 11.7 Å². The first kappa shape index (κ1) is 20.0. The van der Waals surface area contributed by atoms with Crippen LogP contribution in [0.4, 0.5) is 4.39 Å². The van der Waals surface area contributed by atoms with E-state index in [9.17, 15) is 4.79 Å². The van der Waals surface area contributed by atoms with Crippen LogP contribution in [-0.4, -0.2) is 15.6 Å². The van der Waals surface area contributed by atoms with Gasteiger partial charge in [-0.3, -0.25) is 4.79 Å². The minimum absolute atomic E-state index is 0.0875. The molecule has 0 aliphatic heterocycles. The number of hydrogen-bond donors (Lipinski definition) is 1. The Morgan fingerprint density at radius 1 is 1.06 bits per heavy atom. The van der Waals surface area contributed by atoms with Crippen LogP contribution >= 0.6 is 0 Å². The largest absolute Gasteiger partial charge is 0.486 e. The predicted octanol–water partition coefficient (Wildman–Crippen LogP) is 6.24. The number of ether oxygens (including phenoxy) is 1. The number of nitrogens with zero attached hydrogens (tertiary/aromatic N) is 1. The molecule has 6 rings (SSSR count). The molecule has 4 aromatic rings. The number of aryl methyl sites for hydroxylation is 1. The SMILES string of the molecule is Cn1ccc2c(-c3ccc(F)c4c3CC[C@H]4Oc3ccc([C@H]4C[C@@H]4C(=O)O)cc3)cccc21. The second-order valence-electron chi connectivity index (χ2n) is 9.15. The quantitative estimate of drug-likeness (QED) is 0.399. The molecule has 0 saturated heterocycles. The van der Waals surface area contributed by atoms with Crippen molar-refractivity contribution in [2.24, 2.45) is 13.0 Å². The molecule has 0 amide bonds. The zero-order valence-electron chi connectivity index (χ0n) is 18.3. The van der Waals surface area contributed by atoms with Crippen molar-refractivity contribution in [1.29, 1.82) is 0 Å². The van der Waals surface area contributed by atoms with Gasteiger partial charge in [-0.15, -0.1) is 0 Å². The number of halogens is 1. The lowest BCUT2D eigenvalue weighted by Gasteiger charge is -2.17. The monoisotopic (exact) mass is 441 g/mol. The molecule has 3 atom stereocenters. The number of carbonyl (C=O) groups is 1. The summed E-state index contributed by atoms with van der Waals surface area (Å²) in [5.74, 6) is -0.473. The number of carboxylic acids is 1. The highest BCUT2D eigenvalue weighted by atomic mass is 19.1. The molecule has 0 unspecified atom stereocenters. The minimum Gasteiger partial charge on any atom is -0.486 e. The molecule has 1 saturated carbocycles. The lowest BCUT2D eigenvalue weighted by Crippen LogP contribution is -2.06. The molecule has 0 radical (unpaired) electrons. The van der Waals surface area contributed by atoms with Crippen molar-refractivity contribution in [3.05, 3.63) is 89.4 Å². The van der Waals surface area contributed by atoms with Crippen molar-refractivity contribution in [2.75, 3.05) is 0 Å². The molecule has 1 fully saturated rings. The van der Waals surface area contributed by atoms with Crippen molar-refractivity contribution >= 4 is 16.9 Å². The van der Waals surface area contributed by atoms with E-state index in [2.05, 4.69) is 22.8 Å². The van der Waals surface area contributed by atoms with Gasteiger partial charge in [-0.05, 0) is 77.8 Å². The molecule has 1 aromatic heterocycles. The topological polar surface area (TPSA) is 51.5 Å². The average molecular weight is 442 g/mol. The molecule has 1 N–H and O–H groups in total. The summed E-state index contributed by atoms with van der Waals surface area (Å²) in [6.45, 7) is 0. The molecule has 4 nitrogen and oxygen atoms in total. The van der Waals surface area contributed by atoms with E-state index in [1.807, 2.05) is 49.6 Å². The van der Waals surface area contributed by atoms with Gasteiger partial charge in [-0.2, -0.15) is 0 Å². The predicted molar refractivity (Wildman–Crippen MR) is 125 cm³/mol. The fourth-order valence-corrected chi connectivity index (χ4v) is 5.37. The van der Waals surface area contributed by atoms with Gasteiger partial charge >= 0.3 is 5.97 Å².